The highest BCUT2D eigenvalue weighted by Gasteiger charge is 2.15. The zero-order chi connectivity index (χ0) is 16.1. The van der Waals surface area contributed by atoms with Crippen molar-refractivity contribution < 1.29 is 9.59 Å². The van der Waals surface area contributed by atoms with Crippen molar-refractivity contribution in [2.45, 2.75) is 19.9 Å². The van der Waals surface area contributed by atoms with Crippen LogP contribution < -0.4 is 5.32 Å². The van der Waals surface area contributed by atoms with Crippen molar-refractivity contribution in [2.24, 2.45) is 0 Å². The molecular weight excluding hydrogens is 296 g/mol. The monoisotopic (exact) mass is 316 g/mol. The molecule has 4 nitrogen and oxygen atoms in total. The van der Waals surface area contributed by atoms with E-state index in [4.69, 9.17) is 0 Å². The van der Waals surface area contributed by atoms with E-state index in [1.165, 1.54) is 11.8 Å². The second kappa shape index (κ2) is 7.33. The van der Waals surface area contributed by atoms with E-state index in [1.807, 2.05) is 23.4 Å². The summed E-state index contributed by atoms with van der Waals surface area (Å²) in [4.78, 5) is 26.6. The Hall–Kier alpha value is -1.98. The third kappa shape index (κ3) is 4.26. The van der Waals surface area contributed by atoms with Gasteiger partial charge in [0, 0.05) is 22.2 Å². The number of amides is 1. The number of hydrogen-bond acceptors (Lipinski definition) is 4. The van der Waals surface area contributed by atoms with Crippen LogP contribution in [0.4, 0.5) is 5.69 Å². The number of thiophene rings is 1. The van der Waals surface area contributed by atoms with Crippen LogP contribution in [0.5, 0.6) is 0 Å². The molecule has 5 heteroatoms. The normalized spacial score (nSPS) is 12.2. The van der Waals surface area contributed by atoms with Crippen LogP contribution in [0.1, 0.15) is 35.1 Å². The minimum Gasteiger partial charge on any atom is -0.325 e. The number of nitrogens with zero attached hydrogens (tertiary/aromatic N) is 1. The van der Waals surface area contributed by atoms with E-state index in [1.54, 1.807) is 35.6 Å². The van der Waals surface area contributed by atoms with E-state index in [2.05, 4.69) is 18.3 Å². The molecule has 1 aromatic carbocycles. The number of Topliss-reactive ketones (excluding diaryl/α,β-unsaturated/α-hetero) is 1. The quantitative estimate of drug-likeness (QED) is 0.829. The van der Waals surface area contributed by atoms with Crippen LogP contribution in [0.15, 0.2) is 41.8 Å². The molecule has 0 spiro atoms. The number of nitrogens with one attached hydrogen (secondary N) is 1. The van der Waals surface area contributed by atoms with Gasteiger partial charge in [0.1, 0.15) is 0 Å². The topological polar surface area (TPSA) is 49.4 Å². The standard InChI is InChI=1S/C17H20N2O2S/c1-12(16-5-4-10-22-16)19(3)11-17(21)18-15-8-6-14(7-9-15)13(2)20/h4-10,12H,11H2,1-3H3,(H,18,21). The van der Waals surface area contributed by atoms with Gasteiger partial charge in [0.15, 0.2) is 5.78 Å². The number of ketones is 1. The number of carbonyl (C=O) groups excluding carboxylic acids is 2. The average molecular weight is 316 g/mol. The second-order valence-corrected chi connectivity index (χ2v) is 6.27. The molecule has 0 aliphatic rings. The Kier molecular flexibility index (Phi) is 5.46. The zero-order valence-corrected chi connectivity index (χ0v) is 13.8. The maximum Gasteiger partial charge on any atom is 0.238 e. The molecule has 1 heterocycles. The molecule has 1 amide bonds. The predicted molar refractivity (Wildman–Crippen MR) is 90.4 cm³/mol. The summed E-state index contributed by atoms with van der Waals surface area (Å²) in [5, 5.41) is 4.89. The minimum atomic E-state index is -0.0681. The summed E-state index contributed by atoms with van der Waals surface area (Å²) in [6.45, 7) is 3.92. The Morgan fingerprint density at radius 3 is 2.45 bits per heavy atom. The van der Waals surface area contributed by atoms with Crippen molar-refractivity contribution in [2.75, 3.05) is 18.9 Å². The van der Waals surface area contributed by atoms with Gasteiger partial charge in [0.25, 0.3) is 0 Å². The van der Waals surface area contributed by atoms with E-state index >= 15 is 0 Å². The van der Waals surface area contributed by atoms with Crippen molar-refractivity contribution in [3.8, 4) is 0 Å². The lowest BCUT2D eigenvalue weighted by Crippen LogP contribution is -2.31. The molecule has 0 aliphatic carbocycles. The first-order chi connectivity index (χ1) is 10.5. The number of rotatable bonds is 6. The van der Waals surface area contributed by atoms with Gasteiger partial charge in [-0.2, -0.15) is 0 Å². The first kappa shape index (κ1) is 16.4. The van der Waals surface area contributed by atoms with Gasteiger partial charge in [0.2, 0.25) is 5.91 Å². The molecule has 0 saturated heterocycles. The van der Waals surface area contributed by atoms with Gasteiger partial charge in [0.05, 0.1) is 6.54 Å². The lowest BCUT2D eigenvalue weighted by Gasteiger charge is -2.23. The smallest absolute Gasteiger partial charge is 0.238 e. The molecule has 0 bridgehead atoms. The lowest BCUT2D eigenvalue weighted by molar-refractivity contribution is -0.117. The fourth-order valence-electron chi connectivity index (χ4n) is 2.10. The first-order valence-corrected chi connectivity index (χ1v) is 8.00. The van der Waals surface area contributed by atoms with Crippen molar-refractivity contribution >= 4 is 28.7 Å². The Bertz CT molecular complexity index is 635. The Balaban J connectivity index is 1.90. The first-order valence-electron chi connectivity index (χ1n) is 7.12. The van der Waals surface area contributed by atoms with Crippen molar-refractivity contribution in [1.82, 2.24) is 4.90 Å². The number of hydrogen-bond donors (Lipinski definition) is 1. The number of likely N-dealkylation sites (N-methyl/N-ethyl adjacent to an activating group) is 1. The predicted octanol–water partition coefficient (Wildman–Crippen LogP) is 3.58. The molecule has 1 N–H and O–H groups in total. The van der Waals surface area contributed by atoms with Crippen LogP contribution in [0.3, 0.4) is 0 Å². The van der Waals surface area contributed by atoms with Crippen LogP contribution in [0.2, 0.25) is 0 Å². The molecule has 0 saturated carbocycles. The molecule has 1 atom stereocenters. The van der Waals surface area contributed by atoms with Crippen LogP contribution in [0, 0.1) is 0 Å². The van der Waals surface area contributed by atoms with Gasteiger partial charge in [-0.15, -0.1) is 11.3 Å². The molecule has 2 aromatic rings. The van der Waals surface area contributed by atoms with Gasteiger partial charge in [-0.05, 0) is 56.6 Å². The largest absolute Gasteiger partial charge is 0.325 e. The second-order valence-electron chi connectivity index (χ2n) is 5.29. The highest BCUT2D eigenvalue weighted by atomic mass is 32.1. The number of benzene rings is 1. The fourth-order valence-corrected chi connectivity index (χ4v) is 2.95. The van der Waals surface area contributed by atoms with Gasteiger partial charge in [-0.1, -0.05) is 6.07 Å². The van der Waals surface area contributed by atoms with E-state index < -0.39 is 0 Å². The Morgan fingerprint density at radius 1 is 1.23 bits per heavy atom. The molecular formula is C17H20N2O2S. The molecule has 22 heavy (non-hydrogen) atoms. The summed E-state index contributed by atoms with van der Waals surface area (Å²) >= 11 is 1.69. The minimum absolute atomic E-state index is 0.0161. The summed E-state index contributed by atoms with van der Waals surface area (Å²) < 4.78 is 0. The van der Waals surface area contributed by atoms with E-state index in [0.29, 0.717) is 17.8 Å². The highest BCUT2D eigenvalue weighted by Crippen LogP contribution is 2.23. The summed E-state index contributed by atoms with van der Waals surface area (Å²) in [5.74, 6) is -0.0520. The Morgan fingerprint density at radius 2 is 1.91 bits per heavy atom. The third-order valence-electron chi connectivity index (χ3n) is 3.58. The van der Waals surface area contributed by atoms with Gasteiger partial charge in [-0.25, -0.2) is 0 Å². The summed E-state index contributed by atoms with van der Waals surface area (Å²) in [6, 6.07) is 11.2. The molecule has 1 aromatic heterocycles. The van der Waals surface area contributed by atoms with Crippen LogP contribution in [-0.4, -0.2) is 30.2 Å². The van der Waals surface area contributed by atoms with Crippen LogP contribution >= 0.6 is 11.3 Å². The molecule has 0 fully saturated rings. The lowest BCUT2D eigenvalue weighted by atomic mass is 10.1. The molecule has 0 aliphatic heterocycles. The number of carbonyl (C=O) groups is 2. The summed E-state index contributed by atoms with van der Waals surface area (Å²) in [5.41, 5.74) is 1.34. The van der Waals surface area contributed by atoms with Crippen LogP contribution in [0.25, 0.3) is 0 Å². The molecule has 116 valence electrons. The third-order valence-corrected chi connectivity index (χ3v) is 4.63. The van der Waals surface area contributed by atoms with Gasteiger partial charge < -0.3 is 5.32 Å². The molecule has 0 radical (unpaired) electrons. The van der Waals surface area contributed by atoms with Gasteiger partial charge in [-0.3, -0.25) is 14.5 Å². The number of anilines is 1. The molecule has 1 unspecified atom stereocenters. The van der Waals surface area contributed by atoms with Crippen molar-refractivity contribution in [3.63, 3.8) is 0 Å². The maximum absolute atomic E-state index is 12.1. The Labute approximate surface area is 134 Å². The molecule has 2 rings (SSSR count). The average Bonchev–Trinajstić information content (AvgIpc) is 3.00. The van der Waals surface area contributed by atoms with Crippen molar-refractivity contribution in [3.05, 3.63) is 52.2 Å². The van der Waals surface area contributed by atoms with Crippen LogP contribution in [-0.2, 0) is 4.79 Å². The summed E-state index contributed by atoms with van der Waals surface area (Å²) in [6.07, 6.45) is 0. The maximum atomic E-state index is 12.1. The van der Waals surface area contributed by atoms with Crippen molar-refractivity contribution in [1.29, 1.82) is 0 Å². The zero-order valence-electron chi connectivity index (χ0n) is 13.0. The van der Waals surface area contributed by atoms with Gasteiger partial charge >= 0.3 is 0 Å². The SMILES string of the molecule is CC(=O)c1ccc(NC(=O)CN(C)C(C)c2cccs2)cc1. The van der Waals surface area contributed by atoms with E-state index in [9.17, 15) is 9.59 Å². The van der Waals surface area contributed by atoms with E-state index in [-0.39, 0.29) is 17.7 Å². The fraction of sp³-hybridized carbons (Fsp3) is 0.294. The highest BCUT2D eigenvalue weighted by molar-refractivity contribution is 7.10. The summed E-state index contributed by atoms with van der Waals surface area (Å²) in [7, 11) is 1.93. The van der Waals surface area contributed by atoms with E-state index in [0.717, 1.165) is 0 Å².